The number of thiophene rings is 1. The Labute approximate surface area is 188 Å². The molecule has 1 N–H and O–H groups in total. The van der Waals surface area contributed by atoms with Crippen molar-refractivity contribution in [3.8, 4) is 5.69 Å². The lowest BCUT2D eigenvalue weighted by molar-refractivity contribution is -0.123. The molecule has 0 fully saturated rings. The van der Waals surface area contributed by atoms with E-state index in [1.165, 1.54) is 36.0 Å². The molecule has 1 amide bonds. The number of aryl methyl sites for hydroxylation is 2. The van der Waals surface area contributed by atoms with Crippen LogP contribution in [0, 0.1) is 12.7 Å². The maximum Gasteiger partial charge on any atom is 0.349 e. The van der Waals surface area contributed by atoms with Crippen LogP contribution < -0.4 is 5.32 Å². The molecule has 4 aromatic rings. The minimum atomic E-state index is -0.965. The van der Waals surface area contributed by atoms with Gasteiger partial charge in [0.25, 0.3) is 5.91 Å². The summed E-state index contributed by atoms with van der Waals surface area (Å²) < 4.78 is 20.3. The molecule has 0 spiro atoms. The van der Waals surface area contributed by atoms with Crippen LogP contribution in [0.2, 0.25) is 0 Å². The van der Waals surface area contributed by atoms with E-state index >= 15 is 0 Å². The SMILES string of the molecule is CCc1ccc(NC(=O)C(C)OC(=O)c2cc3c(C)nn(-c4ccc(F)cc4)c3s2)cc1. The highest BCUT2D eigenvalue weighted by Gasteiger charge is 2.23. The van der Waals surface area contributed by atoms with Crippen molar-refractivity contribution >= 4 is 39.1 Å². The molecule has 8 heteroatoms. The van der Waals surface area contributed by atoms with Gasteiger partial charge in [0, 0.05) is 11.1 Å². The summed E-state index contributed by atoms with van der Waals surface area (Å²) in [5, 5.41) is 8.05. The molecule has 2 heterocycles. The smallest absolute Gasteiger partial charge is 0.349 e. The average molecular weight is 452 g/mol. The lowest BCUT2D eigenvalue weighted by atomic mass is 10.1. The summed E-state index contributed by atoms with van der Waals surface area (Å²) in [5.74, 6) is -1.32. The summed E-state index contributed by atoms with van der Waals surface area (Å²) in [4.78, 5) is 26.3. The Morgan fingerprint density at radius 1 is 1.16 bits per heavy atom. The van der Waals surface area contributed by atoms with E-state index in [2.05, 4.69) is 17.3 Å². The largest absolute Gasteiger partial charge is 0.448 e. The molecule has 0 radical (unpaired) electrons. The topological polar surface area (TPSA) is 73.2 Å². The maximum atomic E-state index is 13.3. The number of fused-ring (bicyclic) bond motifs is 1. The van der Waals surface area contributed by atoms with Gasteiger partial charge in [-0.25, -0.2) is 13.9 Å². The van der Waals surface area contributed by atoms with Crippen molar-refractivity contribution < 1.29 is 18.7 Å². The van der Waals surface area contributed by atoms with Crippen molar-refractivity contribution in [2.24, 2.45) is 0 Å². The third-order valence-electron chi connectivity index (χ3n) is 5.10. The zero-order valence-electron chi connectivity index (χ0n) is 17.9. The average Bonchev–Trinajstić information content (AvgIpc) is 3.35. The van der Waals surface area contributed by atoms with Gasteiger partial charge >= 0.3 is 5.97 Å². The van der Waals surface area contributed by atoms with Crippen LogP contribution in [-0.2, 0) is 16.0 Å². The number of hydrogen-bond acceptors (Lipinski definition) is 5. The number of nitrogens with one attached hydrogen (secondary N) is 1. The zero-order valence-corrected chi connectivity index (χ0v) is 18.7. The van der Waals surface area contributed by atoms with E-state index in [-0.39, 0.29) is 5.82 Å². The molecular formula is C24H22FN3O3S. The maximum absolute atomic E-state index is 13.3. The Bertz CT molecular complexity index is 1280. The van der Waals surface area contributed by atoms with Gasteiger partial charge in [0.1, 0.15) is 15.5 Å². The monoisotopic (exact) mass is 451 g/mol. The highest BCUT2D eigenvalue weighted by molar-refractivity contribution is 7.20. The standard InChI is InChI=1S/C24H22FN3O3S/c1-4-16-5-9-18(10-6-16)26-22(29)15(3)31-24(30)21-13-20-14(2)27-28(23(20)32-21)19-11-7-17(25)8-12-19/h5-13,15H,4H2,1-3H3,(H,26,29). The van der Waals surface area contributed by atoms with Crippen molar-refractivity contribution in [3.63, 3.8) is 0 Å². The van der Waals surface area contributed by atoms with Crippen LogP contribution in [0.25, 0.3) is 15.9 Å². The number of nitrogens with zero attached hydrogens (tertiary/aromatic N) is 2. The highest BCUT2D eigenvalue weighted by atomic mass is 32.1. The van der Waals surface area contributed by atoms with Crippen molar-refractivity contribution in [2.75, 3.05) is 5.32 Å². The number of benzene rings is 2. The van der Waals surface area contributed by atoms with E-state index < -0.39 is 18.0 Å². The summed E-state index contributed by atoms with van der Waals surface area (Å²) in [6.07, 6.45) is -0.0521. The minimum absolute atomic E-state index is 0.335. The molecule has 0 aliphatic rings. The molecule has 1 unspecified atom stereocenters. The van der Waals surface area contributed by atoms with Gasteiger partial charge in [0.15, 0.2) is 6.10 Å². The second kappa shape index (κ2) is 8.92. The van der Waals surface area contributed by atoms with Gasteiger partial charge in [-0.2, -0.15) is 5.10 Å². The van der Waals surface area contributed by atoms with Crippen LogP contribution >= 0.6 is 11.3 Å². The molecule has 1 atom stereocenters. The van der Waals surface area contributed by atoms with Gasteiger partial charge in [-0.15, -0.1) is 11.3 Å². The van der Waals surface area contributed by atoms with Gasteiger partial charge in [-0.05, 0) is 68.3 Å². The van der Waals surface area contributed by atoms with E-state index in [0.29, 0.717) is 16.3 Å². The van der Waals surface area contributed by atoms with Crippen LogP contribution in [0.5, 0.6) is 0 Å². The second-order valence-corrected chi connectivity index (χ2v) is 8.42. The summed E-state index contributed by atoms with van der Waals surface area (Å²) in [6, 6.07) is 15.2. The van der Waals surface area contributed by atoms with Crippen molar-refractivity contribution in [1.82, 2.24) is 9.78 Å². The Hall–Kier alpha value is -3.52. The summed E-state index contributed by atoms with van der Waals surface area (Å²) in [6.45, 7) is 5.43. The second-order valence-electron chi connectivity index (χ2n) is 7.39. The normalized spacial score (nSPS) is 12.0. The summed E-state index contributed by atoms with van der Waals surface area (Å²) in [7, 11) is 0. The molecule has 32 heavy (non-hydrogen) atoms. The van der Waals surface area contributed by atoms with Crippen molar-refractivity contribution in [2.45, 2.75) is 33.3 Å². The fraction of sp³-hybridized carbons (Fsp3) is 0.208. The summed E-state index contributed by atoms with van der Waals surface area (Å²) >= 11 is 1.21. The van der Waals surface area contributed by atoms with Crippen LogP contribution in [0.15, 0.2) is 54.6 Å². The number of ether oxygens (including phenoxy) is 1. The van der Waals surface area contributed by atoms with E-state index in [0.717, 1.165) is 22.3 Å². The van der Waals surface area contributed by atoms with Crippen molar-refractivity contribution in [1.29, 1.82) is 0 Å². The first-order chi connectivity index (χ1) is 15.4. The number of amides is 1. The lowest BCUT2D eigenvalue weighted by Crippen LogP contribution is -2.29. The number of carbonyl (C=O) groups excluding carboxylic acids is 2. The first-order valence-corrected chi connectivity index (χ1v) is 11.0. The number of carbonyl (C=O) groups is 2. The Kier molecular flexibility index (Phi) is 6.05. The highest BCUT2D eigenvalue weighted by Crippen LogP contribution is 2.31. The van der Waals surface area contributed by atoms with E-state index in [4.69, 9.17) is 4.74 Å². The van der Waals surface area contributed by atoms with E-state index in [1.54, 1.807) is 22.9 Å². The van der Waals surface area contributed by atoms with Gasteiger partial charge < -0.3 is 10.1 Å². The number of aromatic nitrogens is 2. The van der Waals surface area contributed by atoms with Gasteiger partial charge in [0.05, 0.1) is 11.4 Å². The molecule has 164 valence electrons. The lowest BCUT2D eigenvalue weighted by Gasteiger charge is -2.13. The predicted molar refractivity (Wildman–Crippen MR) is 123 cm³/mol. The molecule has 0 bridgehead atoms. The van der Waals surface area contributed by atoms with Crippen LogP contribution in [-0.4, -0.2) is 27.8 Å². The molecule has 6 nitrogen and oxygen atoms in total. The summed E-state index contributed by atoms with van der Waals surface area (Å²) in [5.41, 5.74) is 3.24. The number of halogens is 1. The van der Waals surface area contributed by atoms with Crippen LogP contribution in [0.3, 0.4) is 0 Å². The van der Waals surface area contributed by atoms with Gasteiger partial charge in [-0.3, -0.25) is 4.79 Å². The number of rotatable bonds is 6. The van der Waals surface area contributed by atoms with Gasteiger partial charge in [0.2, 0.25) is 0 Å². The third kappa shape index (κ3) is 4.40. The van der Waals surface area contributed by atoms with E-state index in [9.17, 15) is 14.0 Å². The minimum Gasteiger partial charge on any atom is -0.448 e. The predicted octanol–water partition coefficient (Wildman–Crippen LogP) is 5.28. The zero-order chi connectivity index (χ0) is 22.8. The first kappa shape index (κ1) is 21.7. The van der Waals surface area contributed by atoms with Crippen molar-refractivity contribution in [3.05, 3.63) is 76.5 Å². The Morgan fingerprint density at radius 3 is 2.50 bits per heavy atom. The van der Waals surface area contributed by atoms with E-state index in [1.807, 2.05) is 31.2 Å². The van der Waals surface area contributed by atoms with Gasteiger partial charge in [-0.1, -0.05) is 19.1 Å². The number of anilines is 1. The molecule has 0 saturated heterocycles. The molecule has 2 aromatic heterocycles. The first-order valence-electron chi connectivity index (χ1n) is 10.2. The van der Waals surface area contributed by atoms with Crippen LogP contribution in [0.4, 0.5) is 10.1 Å². The molecule has 0 aliphatic carbocycles. The fourth-order valence-corrected chi connectivity index (χ4v) is 4.31. The molecular weight excluding hydrogens is 429 g/mol. The number of esters is 1. The molecule has 0 aliphatic heterocycles. The fourth-order valence-electron chi connectivity index (χ4n) is 3.24. The molecule has 4 rings (SSSR count). The third-order valence-corrected chi connectivity index (χ3v) is 6.19. The quantitative estimate of drug-likeness (QED) is 0.405. The molecule has 2 aromatic carbocycles. The molecule has 0 saturated carbocycles. The van der Waals surface area contributed by atoms with Crippen LogP contribution in [0.1, 0.15) is 34.8 Å². The Balaban J connectivity index is 1.49. The number of hydrogen-bond donors (Lipinski definition) is 1. The Morgan fingerprint density at radius 2 is 1.84 bits per heavy atom.